The minimum absolute atomic E-state index is 0.176. The number of hydrogen-bond acceptors (Lipinski definition) is 4. The van der Waals surface area contributed by atoms with Crippen molar-refractivity contribution in [2.45, 2.75) is 39.2 Å². The quantitative estimate of drug-likeness (QED) is 0.619. The van der Waals surface area contributed by atoms with E-state index in [-0.39, 0.29) is 17.5 Å². The molecule has 136 valence electrons. The first-order valence-electron chi connectivity index (χ1n) is 8.90. The summed E-state index contributed by atoms with van der Waals surface area (Å²) in [7, 11) is 0. The first-order valence-corrected chi connectivity index (χ1v) is 8.90. The minimum atomic E-state index is -0.581. The summed E-state index contributed by atoms with van der Waals surface area (Å²) in [6.07, 6.45) is 4.30. The Morgan fingerprint density at radius 3 is 2.48 bits per heavy atom. The monoisotopic (exact) mass is 349 g/mol. The van der Waals surface area contributed by atoms with E-state index in [1.54, 1.807) is 6.92 Å². The molecule has 1 aromatic carbocycles. The first kappa shape index (κ1) is 17.8. The van der Waals surface area contributed by atoms with Crippen LogP contribution in [0.1, 0.15) is 36.8 Å². The third-order valence-electron chi connectivity index (χ3n) is 5.43. The van der Waals surface area contributed by atoms with Crippen LogP contribution in [-0.2, 0) is 11.3 Å². The molecule has 1 aromatic rings. The minimum Gasteiger partial charge on any atom is -0.340 e. The van der Waals surface area contributed by atoms with Crippen molar-refractivity contribution >= 4 is 11.6 Å². The average Bonchev–Trinajstić information content (AvgIpc) is 3.12. The zero-order valence-corrected chi connectivity index (χ0v) is 14.5. The molecule has 0 bridgehead atoms. The standard InChI is InChI=1S/C18H24FN3O3/c1-13-15(10-16(19)11-17(13)22(24)25)12-20-6-8-21(9-7-20)18(23)14-4-2-3-5-14/h10-11,14H,2-9,12H2,1H3. The molecule has 2 fully saturated rings. The molecule has 0 unspecified atom stereocenters. The van der Waals surface area contributed by atoms with Gasteiger partial charge < -0.3 is 4.90 Å². The van der Waals surface area contributed by atoms with E-state index in [1.807, 2.05) is 4.90 Å². The molecule has 0 spiro atoms. The molecule has 0 N–H and O–H groups in total. The van der Waals surface area contributed by atoms with Crippen LogP contribution < -0.4 is 0 Å². The summed E-state index contributed by atoms with van der Waals surface area (Å²) in [5, 5.41) is 11.0. The maximum atomic E-state index is 13.7. The Hall–Kier alpha value is -2.02. The van der Waals surface area contributed by atoms with Gasteiger partial charge in [-0.05, 0) is 31.4 Å². The van der Waals surface area contributed by atoms with Crippen molar-refractivity contribution in [3.63, 3.8) is 0 Å². The molecule has 2 aliphatic rings. The number of nitrogens with zero attached hydrogens (tertiary/aromatic N) is 3. The van der Waals surface area contributed by atoms with Gasteiger partial charge in [0.1, 0.15) is 5.82 Å². The molecule has 0 radical (unpaired) electrons. The maximum Gasteiger partial charge on any atom is 0.275 e. The van der Waals surface area contributed by atoms with Crippen LogP contribution >= 0.6 is 0 Å². The number of amides is 1. The van der Waals surface area contributed by atoms with Crippen LogP contribution in [0.15, 0.2) is 12.1 Å². The highest BCUT2D eigenvalue weighted by atomic mass is 19.1. The van der Waals surface area contributed by atoms with Gasteiger partial charge in [-0.2, -0.15) is 0 Å². The molecule has 1 saturated heterocycles. The predicted octanol–water partition coefficient (Wildman–Crippen LogP) is 2.88. The number of rotatable bonds is 4. The van der Waals surface area contributed by atoms with Crippen LogP contribution in [0.4, 0.5) is 10.1 Å². The Labute approximate surface area is 146 Å². The Morgan fingerprint density at radius 2 is 1.88 bits per heavy atom. The van der Waals surface area contributed by atoms with Gasteiger partial charge in [0.2, 0.25) is 5.91 Å². The van der Waals surface area contributed by atoms with Gasteiger partial charge in [-0.25, -0.2) is 4.39 Å². The molecule has 1 heterocycles. The third-order valence-corrected chi connectivity index (χ3v) is 5.43. The third kappa shape index (κ3) is 3.98. The fourth-order valence-electron chi connectivity index (χ4n) is 3.87. The Kier molecular flexibility index (Phi) is 5.32. The highest BCUT2D eigenvalue weighted by molar-refractivity contribution is 5.79. The fraction of sp³-hybridized carbons (Fsp3) is 0.611. The van der Waals surface area contributed by atoms with E-state index in [2.05, 4.69) is 4.90 Å². The highest BCUT2D eigenvalue weighted by Crippen LogP contribution is 2.28. The van der Waals surface area contributed by atoms with Gasteiger partial charge in [0.15, 0.2) is 0 Å². The number of piperazine rings is 1. The SMILES string of the molecule is Cc1c(CN2CCN(C(=O)C3CCCC3)CC2)cc(F)cc1[N+](=O)[O-]. The number of carbonyl (C=O) groups excluding carboxylic acids is 1. The molecular weight excluding hydrogens is 325 g/mol. The summed E-state index contributed by atoms with van der Waals surface area (Å²) in [6.45, 7) is 4.89. The van der Waals surface area contributed by atoms with E-state index < -0.39 is 10.7 Å². The number of nitro groups is 1. The molecule has 6 nitrogen and oxygen atoms in total. The van der Waals surface area contributed by atoms with Crippen molar-refractivity contribution in [3.05, 3.63) is 39.2 Å². The molecule has 3 rings (SSSR count). The summed E-state index contributed by atoms with van der Waals surface area (Å²) < 4.78 is 13.7. The normalized spacial score (nSPS) is 19.4. The summed E-state index contributed by atoms with van der Waals surface area (Å²) in [5.74, 6) is -0.114. The molecule has 25 heavy (non-hydrogen) atoms. The topological polar surface area (TPSA) is 66.7 Å². The lowest BCUT2D eigenvalue weighted by molar-refractivity contribution is -0.385. The number of carbonyl (C=O) groups is 1. The van der Waals surface area contributed by atoms with Crippen LogP contribution in [0.25, 0.3) is 0 Å². The lowest BCUT2D eigenvalue weighted by atomic mass is 10.0. The van der Waals surface area contributed by atoms with Crippen LogP contribution in [0.2, 0.25) is 0 Å². The molecular formula is C18H24FN3O3. The second-order valence-corrected chi connectivity index (χ2v) is 7.05. The lowest BCUT2D eigenvalue weighted by Gasteiger charge is -2.36. The molecule has 1 aliphatic heterocycles. The Bertz CT molecular complexity index is 666. The largest absolute Gasteiger partial charge is 0.340 e. The van der Waals surface area contributed by atoms with E-state index in [9.17, 15) is 19.3 Å². The molecule has 0 aromatic heterocycles. The van der Waals surface area contributed by atoms with Gasteiger partial charge >= 0.3 is 0 Å². The van der Waals surface area contributed by atoms with Crippen LogP contribution in [0.3, 0.4) is 0 Å². The summed E-state index contributed by atoms with van der Waals surface area (Å²) in [6, 6.07) is 2.34. The zero-order valence-electron chi connectivity index (χ0n) is 14.5. The van der Waals surface area contributed by atoms with Crippen LogP contribution in [0, 0.1) is 28.8 Å². The van der Waals surface area contributed by atoms with Crippen molar-refractivity contribution in [3.8, 4) is 0 Å². The number of benzene rings is 1. The number of hydrogen-bond donors (Lipinski definition) is 0. The summed E-state index contributed by atoms with van der Waals surface area (Å²) >= 11 is 0. The lowest BCUT2D eigenvalue weighted by Crippen LogP contribution is -2.49. The van der Waals surface area contributed by atoms with E-state index in [0.29, 0.717) is 43.9 Å². The molecule has 7 heteroatoms. The van der Waals surface area contributed by atoms with Gasteiger partial charge in [0, 0.05) is 44.2 Å². The highest BCUT2D eigenvalue weighted by Gasteiger charge is 2.29. The van der Waals surface area contributed by atoms with Crippen molar-refractivity contribution in [1.82, 2.24) is 9.80 Å². The average molecular weight is 349 g/mol. The predicted molar refractivity (Wildman–Crippen MR) is 91.6 cm³/mol. The van der Waals surface area contributed by atoms with Gasteiger partial charge in [0.05, 0.1) is 11.0 Å². The molecule has 0 atom stereocenters. The fourth-order valence-corrected chi connectivity index (χ4v) is 3.87. The van der Waals surface area contributed by atoms with Crippen molar-refractivity contribution in [1.29, 1.82) is 0 Å². The summed E-state index contributed by atoms with van der Waals surface area (Å²) in [4.78, 5) is 27.0. The molecule has 1 amide bonds. The number of nitro benzene ring substituents is 1. The Balaban J connectivity index is 1.61. The Morgan fingerprint density at radius 1 is 1.24 bits per heavy atom. The molecule has 1 saturated carbocycles. The summed E-state index contributed by atoms with van der Waals surface area (Å²) in [5.41, 5.74) is 0.975. The van der Waals surface area contributed by atoms with Crippen LogP contribution in [0.5, 0.6) is 0 Å². The molecule has 1 aliphatic carbocycles. The maximum absolute atomic E-state index is 13.7. The van der Waals surface area contributed by atoms with Crippen molar-refractivity contribution in [2.24, 2.45) is 5.92 Å². The first-order chi connectivity index (χ1) is 12.0. The van der Waals surface area contributed by atoms with E-state index in [4.69, 9.17) is 0 Å². The van der Waals surface area contributed by atoms with E-state index in [0.717, 1.165) is 31.7 Å². The second-order valence-electron chi connectivity index (χ2n) is 7.05. The van der Waals surface area contributed by atoms with Gasteiger partial charge in [0.25, 0.3) is 5.69 Å². The zero-order chi connectivity index (χ0) is 18.0. The van der Waals surface area contributed by atoms with Gasteiger partial charge in [-0.15, -0.1) is 0 Å². The van der Waals surface area contributed by atoms with Gasteiger partial charge in [-0.1, -0.05) is 12.8 Å². The smallest absolute Gasteiger partial charge is 0.275 e. The van der Waals surface area contributed by atoms with Gasteiger partial charge in [-0.3, -0.25) is 19.8 Å². The van der Waals surface area contributed by atoms with E-state index >= 15 is 0 Å². The van der Waals surface area contributed by atoms with E-state index in [1.165, 1.54) is 6.07 Å². The van der Waals surface area contributed by atoms with Crippen molar-refractivity contribution < 1.29 is 14.1 Å². The van der Waals surface area contributed by atoms with Crippen LogP contribution in [-0.4, -0.2) is 46.8 Å². The number of halogens is 1. The second kappa shape index (κ2) is 7.47. The van der Waals surface area contributed by atoms with Crippen molar-refractivity contribution in [2.75, 3.05) is 26.2 Å².